The van der Waals surface area contributed by atoms with Crippen molar-refractivity contribution in [3.8, 4) is 5.75 Å². The molecular formula is C23H22N2O3. The lowest BCUT2D eigenvalue weighted by Gasteiger charge is -2.10. The number of carbonyl (C=O) groups excluding carboxylic acids is 2. The Kier molecular flexibility index (Phi) is 6.07. The molecule has 0 atom stereocenters. The molecule has 0 aromatic heterocycles. The summed E-state index contributed by atoms with van der Waals surface area (Å²) in [6, 6.07) is 21.9. The number of anilines is 2. The normalized spacial score (nSPS) is 10.2. The van der Waals surface area contributed by atoms with Gasteiger partial charge in [-0.25, -0.2) is 0 Å². The summed E-state index contributed by atoms with van der Waals surface area (Å²) in [5.41, 5.74) is 3.90. The molecule has 0 aliphatic rings. The van der Waals surface area contributed by atoms with Crippen molar-refractivity contribution in [1.29, 1.82) is 0 Å². The van der Waals surface area contributed by atoms with Crippen LogP contribution in [0.3, 0.4) is 0 Å². The number of amides is 2. The summed E-state index contributed by atoms with van der Waals surface area (Å²) in [7, 11) is 0. The lowest BCUT2D eigenvalue weighted by molar-refractivity contribution is -0.118. The fourth-order valence-corrected chi connectivity index (χ4v) is 2.71. The van der Waals surface area contributed by atoms with Crippen molar-refractivity contribution in [2.45, 2.75) is 13.8 Å². The zero-order valence-corrected chi connectivity index (χ0v) is 15.9. The molecule has 28 heavy (non-hydrogen) atoms. The lowest BCUT2D eigenvalue weighted by Crippen LogP contribution is -2.20. The predicted molar refractivity (Wildman–Crippen MR) is 111 cm³/mol. The number of carbonyl (C=O) groups is 2. The van der Waals surface area contributed by atoms with Gasteiger partial charge < -0.3 is 15.4 Å². The first-order chi connectivity index (χ1) is 13.5. The third-order valence-electron chi connectivity index (χ3n) is 4.18. The summed E-state index contributed by atoms with van der Waals surface area (Å²) < 4.78 is 5.49. The second-order valence-electron chi connectivity index (χ2n) is 6.50. The van der Waals surface area contributed by atoms with Gasteiger partial charge in [0.15, 0.2) is 6.61 Å². The van der Waals surface area contributed by atoms with Gasteiger partial charge in [-0.05, 0) is 67.4 Å². The van der Waals surface area contributed by atoms with Crippen LogP contribution in [-0.2, 0) is 4.79 Å². The second kappa shape index (κ2) is 8.86. The Bertz CT molecular complexity index is 981. The maximum absolute atomic E-state index is 12.3. The van der Waals surface area contributed by atoms with Gasteiger partial charge in [0.05, 0.1) is 0 Å². The summed E-state index contributed by atoms with van der Waals surface area (Å²) in [6.07, 6.45) is 0. The summed E-state index contributed by atoms with van der Waals surface area (Å²) in [4.78, 5) is 24.4. The molecule has 0 heterocycles. The van der Waals surface area contributed by atoms with Gasteiger partial charge in [0.25, 0.3) is 11.8 Å². The Labute approximate surface area is 164 Å². The highest BCUT2D eigenvalue weighted by molar-refractivity contribution is 6.05. The van der Waals surface area contributed by atoms with Crippen LogP contribution in [0.2, 0.25) is 0 Å². The molecule has 2 amide bonds. The zero-order valence-electron chi connectivity index (χ0n) is 15.9. The Hall–Kier alpha value is -3.60. The molecule has 2 N–H and O–H groups in total. The average molecular weight is 374 g/mol. The first kappa shape index (κ1) is 19.2. The highest BCUT2D eigenvalue weighted by atomic mass is 16.5. The Morgan fingerprint density at radius 1 is 0.821 bits per heavy atom. The highest BCUT2D eigenvalue weighted by Gasteiger charge is 2.09. The maximum Gasteiger partial charge on any atom is 0.262 e. The van der Waals surface area contributed by atoms with E-state index < -0.39 is 0 Å². The van der Waals surface area contributed by atoms with E-state index in [-0.39, 0.29) is 18.4 Å². The first-order valence-electron chi connectivity index (χ1n) is 8.97. The number of nitrogens with one attached hydrogen (secondary N) is 2. The largest absolute Gasteiger partial charge is 0.484 e. The van der Waals surface area contributed by atoms with E-state index in [4.69, 9.17) is 4.74 Å². The average Bonchev–Trinajstić information content (AvgIpc) is 2.68. The molecule has 0 spiro atoms. The summed E-state index contributed by atoms with van der Waals surface area (Å²) in [5, 5.41) is 5.63. The highest BCUT2D eigenvalue weighted by Crippen LogP contribution is 2.16. The van der Waals surface area contributed by atoms with Crippen molar-refractivity contribution in [2.75, 3.05) is 17.2 Å². The minimum absolute atomic E-state index is 0.0742. The Morgan fingerprint density at radius 2 is 1.50 bits per heavy atom. The van der Waals surface area contributed by atoms with Gasteiger partial charge in [-0.2, -0.15) is 0 Å². The van der Waals surface area contributed by atoms with Crippen molar-refractivity contribution in [3.05, 3.63) is 89.5 Å². The van der Waals surface area contributed by atoms with E-state index in [1.165, 1.54) is 0 Å². The molecule has 5 heteroatoms. The first-order valence-corrected chi connectivity index (χ1v) is 8.97. The van der Waals surface area contributed by atoms with Gasteiger partial charge >= 0.3 is 0 Å². The van der Waals surface area contributed by atoms with Gasteiger partial charge in [-0.15, -0.1) is 0 Å². The number of hydrogen-bond acceptors (Lipinski definition) is 3. The minimum Gasteiger partial charge on any atom is -0.484 e. The summed E-state index contributed by atoms with van der Waals surface area (Å²) >= 11 is 0. The molecule has 0 unspecified atom stereocenters. The fraction of sp³-hybridized carbons (Fsp3) is 0.130. The number of hydrogen-bond donors (Lipinski definition) is 2. The van der Waals surface area contributed by atoms with E-state index in [0.717, 1.165) is 11.1 Å². The van der Waals surface area contributed by atoms with Crippen molar-refractivity contribution in [1.82, 2.24) is 0 Å². The SMILES string of the molecule is Cc1cccc(OCC(=O)Nc2ccc(NC(=O)c3ccccc3C)cc2)c1. The van der Waals surface area contributed by atoms with Crippen LogP contribution in [0.5, 0.6) is 5.75 Å². The third kappa shape index (κ3) is 5.20. The lowest BCUT2D eigenvalue weighted by atomic mass is 10.1. The van der Waals surface area contributed by atoms with Crippen LogP contribution in [0.4, 0.5) is 11.4 Å². The molecule has 0 radical (unpaired) electrons. The van der Waals surface area contributed by atoms with E-state index in [9.17, 15) is 9.59 Å². The quantitative estimate of drug-likeness (QED) is 0.664. The van der Waals surface area contributed by atoms with Crippen LogP contribution < -0.4 is 15.4 Å². The standard InChI is InChI=1S/C23H22N2O3/c1-16-6-5-8-20(14-16)28-15-22(26)24-18-10-12-19(13-11-18)25-23(27)21-9-4-3-7-17(21)2/h3-14H,15H2,1-2H3,(H,24,26)(H,25,27). The molecule has 3 rings (SSSR count). The van der Waals surface area contributed by atoms with Gasteiger partial charge in [0.1, 0.15) is 5.75 Å². The van der Waals surface area contributed by atoms with Gasteiger partial charge in [0.2, 0.25) is 0 Å². The third-order valence-corrected chi connectivity index (χ3v) is 4.18. The topological polar surface area (TPSA) is 67.4 Å². The molecule has 0 saturated carbocycles. The summed E-state index contributed by atoms with van der Waals surface area (Å²) in [5.74, 6) is 0.240. The van der Waals surface area contributed by atoms with Gasteiger partial charge in [0, 0.05) is 16.9 Å². The van der Waals surface area contributed by atoms with Gasteiger partial charge in [-0.3, -0.25) is 9.59 Å². The molecule has 0 aliphatic heterocycles. The molecule has 3 aromatic rings. The minimum atomic E-state index is -0.252. The smallest absolute Gasteiger partial charge is 0.262 e. The Morgan fingerprint density at radius 3 is 2.18 bits per heavy atom. The Balaban J connectivity index is 1.53. The number of aryl methyl sites for hydroxylation is 2. The van der Waals surface area contributed by atoms with Crippen molar-refractivity contribution in [2.24, 2.45) is 0 Å². The van der Waals surface area contributed by atoms with Crippen molar-refractivity contribution in [3.63, 3.8) is 0 Å². The van der Waals surface area contributed by atoms with E-state index in [1.54, 1.807) is 30.3 Å². The maximum atomic E-state index is 12.3. The number of ether oxygens (including phenoxy) is 1. The fourth-order valence-electron chi connectivity index (χ4n) is 2.71. The van der Waals surface area contributed by atoms with Crippen molar-refractivity contribution < 1.29 is 14.3 Å². The van der Waals surface area contributed by atoms with E-state index in [2.05, 4.69) is 10.6 Å². The van der Waals surface area contributed by atoms with Crippen LogP contribution in [0, 0.1) is 13.8 Å². The monoisotopic (exact) mass is 374 g/mol. The molecule has 142 valence electrons. The van der Waals surface area contributed by atoms with Crippen LogP contribution in [0.25, 0.3) is 0 Å². The molecule has 5 nitrogen and oxygen atoms in total. The van der Waals surface area contributed by atoms with Crippen LogP contribution >= 0.6 is 0 Å². The predicted octanol–water partition coefficient (Wildman–Crippen LogP) is 4.57. The molecule has 3 aromatic carbocycles. The van der Waals surface area contributed by atoms with Crippen LogP contribution in [0.1, 0.15) is 21.5 Å². The van der Waals surface area contributed by atoms with E-state index >= 15 is 0 Å². The molecular weight excluding hydrogens is 352 g/mol. The molecule has 0 saturated heterocycles. The van der Waals surface area contributed by atoms with Crippen molar-refractivity contribution >= 4 is 23.2 Å². The van der Waals surface area contributed by atoms with Gasteiger partial charge in [-0.1, -0.05) is 30.3 Å². The van der Waals surface area contributed by atoms with Crippen LogP contribution in [-0.4, -0.2) is 18.4 Å². The number of rotatable bonds is 6. The van der Waals surface area contributed by atoms with E-state index in [1.807, 2.05) is 56.3 Å². The number of benzene rings is 3. The second-order valence-corrected chi connectivity index (χ2v) is 6.50. The molecule has 0 aliphatic carbocycles. The molecule has 0 bridgehead atoms. The molecule has 0 fully saturated rings. The summed E-state index contributed by atoms with van der Waals surface area (Å²) in [6.45, 7) is 3.79. The van der Waals surface area contributed by atoms with E-state index in [0.29, 0.717) is 22.7 Å². The zero-order chi connectivity index (χ0) is 19.9. The van der Waals surface area contributed by atoms with Crippen LogP contribution in [0.15, 0.2) is 72.8 Å².